The fraction of sp³-hybridized carbons (Fsp3) is 0.431. The van der Waals surface area contributed by atoms with Crippen molar-refractivity contribution in [1.29, 1.82) is 0 Å². The molecule has 1 aliphatic heterocycles. The number of ether oxygens (including phenoxy) is 3. The Morgan fingerprint density at radius 1 is 0.817 bits per heavy atom. The molecule has 380 valence electrons. The number of aliphatic hydroxyl groups excluding tert-OH is 1. The number of H-pyrrole nitrogens is 1. The van der Waals surface area contributed by atoms with Crippen LogP contribution in [0.2, 0.25) is 0 Å². The normalized spacial score (nSPS) is 15.4. The van der Waals surface area contributed by atoms with E-state index in [1.807, 2.05) is 81.9 Å². The van der Waals surface area contributed by atoms with Crippen LogP contribution in [0.15, 0.2) is 84.5 Å². The molecule has 0 aliphatic carbocycles. The number of benzene rings is 3. The third-order valence-electron chi connectivity index (χ3n) is 11.7. The van der Waals surface area contributed by atoms with Gasteiger partial charge in [-0.05, 0) is 78.4 Å². The molecule has 19 nitrogen and oxygen atoms in total. The fourth-order valence-electron chi connectivity index (χ4n) is 7.85. The second kappa shape index (κ2) is 25.9. The van der Waals surface area contributed by atoms with E-state index in [9.17, 15) is 33.9 Å². The molecule has 2 aromatic heterocycles. The van der Waals surface area contributed by atoms with E-state index in [1.165, 1.54) is 4.90 Å². The highest BCUT2D eigenvalue weighted by atomic mass is 32.1. The van der Waals surface area contributed by atoms with Crippen molar-refractivity contribution in [2.24, 2.45) is 11.3 Å². The molecular formula is C51H65N9O10S. The Morgan fingerprint density at radius 2 is 1.48 bits per heavy atom. The number of likely N-dealkylation sites (tertiary alicyclic amines) is 1. The van der Waals surface area contributed by atoms with Crippen molar-refractivity contribution < 1.29 is 48.1 Å². The molecule has 1 fully saturated rings. The van der Waals surface area contributed by atoms with Crippen molar-refractivity contribution in [3.05, 3.63) is 95.8 Å². The number of aliphatic hydroxyl groups is 1. The summed E-state index contributed by atoms with van der Waals surface area (Å²) in [5.41, 5.74) is 6.75. The highest BCUT2D eigenvalue weighted by molar-refractivity contribution is 7.13. The minimum Gasteiger partial charge on any atom is -0.391 e. The molecule has 71 heavy (non-hydrogen) atoms. The molecule has 3 aromatic carbocycles. The smallest absolute Gasteiger partial charge is 0.323 e. The van der Waals surface area contributed by atoms with Gasteiger partial charge in [0.05, 0.1) is 55.2 Å². The third-order valence-corrected chi connectivity index (χ3v) is 12.7. The van der Waals surface area contributed by atoms with E-state index in [2.05, 4.69) is 41.9 Å². The maximum absolute atomic E-state index is 13.9. The Morgan fingerprint density at radius 3 is 2.17 bits per heavy atom. The van der Waals surface area contributed by atoms with Gasteiger partial charge in [0, 0.05) is 78.6 Å². The Bertz CT molecular complexity index is 2580. The van der Waals surface area contributed by atoms with Crippen LogP contribution in [-0.4, -0.2) is 126 Å². The molecule has 6 rings (SSSR count). The minimum atomic E-state index is -0.934. The van der Waals surface area contributed by atoms with Crippen LogP contribution in [-0.2, 0) is 44.7 Å². The van der Waals surface area contributed by atoms with Gasteiger partial charge in [0.2, 0.25) is 29.5 Å². The summed E-state index contributed by atoms with van der Waals surface area (Å²) in [6.07, 6.45) is 1.26. The molecule has 1 aliphatic rings. The molecule has 4 atom stereocenters. The number of anilines is 3. The van der Waals surface area contributed by atoms with Gasteiger partial charge in [-0.1, -0.05) is 52.0 Å². The Kier molecular flexibility index (Phi) is 19.6. The Labute approximate surface area is 417 Å². The van der Waals surface area contributed by atoms with Crippen LogP contribution in [0.4, 0.5) is 21.9 Å². The van der Waals surface area contributed by atoms with Crippen molar-refractivity contribution in [3.8, 4) is 10.4 Å². The summed E-state index contributed by atoms with van der Waals surface area (Å²) in [4.78, 5) is 87.7. The number of aromatic amines is 1. The van der Waals surface area contributed by atoms with E-state index in [4.69, 9.17) is 14.2 Å². The number of aryl methyl sites for hydroxylation is 1. The number of β-amino-alcohol motifs (C(OH)–C–C–N with tert-alkyl or cyclic N) is 1. The zero-order chi connectivity index (χ0) is 50.9. The van der Waals surface area contributed by atoms with Crippen molar-refractivity contribution in [2.75, 3.05) is 68.7 Å². The molecule has 7 amide bonds. The molecular weight excluding hydrogens is 931 g/mol. The summed E-state index contributed by atoms with van der Waals surface area (Å²) in [5.74, 6) is -2.36. The van der Waals surface area contributed by atoms with E-state index in [0.29, 0.717) is 23.6 Å². The summed E-state index contributed by atoms with van der Waals surface area (Å²) in [6, 6.07) is 20.1. The summed E-state index contributed by atoms with van der Waals surface area (Å²) < 4.78 is 16.6. The fourth-order valence-corrected chi connectivity index (χ4v) is 8.66. The molecule has 0 spiro atoms. The zero-order valence-corrected chi connectivity index (χ0v) is 41.6. The number of aromatic nitrogens is 2. The van der Waals surface area contributed by atoms with Crippen LogP contribution in [0.25, 0.3) is 21.3 Å². The van der Waals surface area contributed by atoms with Gasteiger partial charge in [-0.2, -0.15) is 0 Å². The number of nitrogens with one attached hydrogen (secondary N) is 7. The van der Waals surface area contributed by atoms with E-state index in [1.54, 1.807) is 48.6 Å². The summed E-state index contributed by atoms with van der Waals surface area (Å²) in [7, 11) is 0. The quantitative estimate of drug-likeness (QED) is 0.0355. The first-order valence-electron chi connectivity index (χ1n) is 23.6. The highest BCUT2D eigenvalue weighted by Gasteiger charge is 2.42. The molecule has 8 N–H and O–H groups in total. The standard InChI is InChI=1S/C51H65N9O10S/c1-32(48(65)56-37-10-12-38(13-11-37)57-50(67)58-39-14-15-42-36(25-39)16-17-52-42)24-43(62)53-18-19-68-20-21-69-22-23-70-30-45(64)59-47(51(3,4)5)49(66)60-29-41(61)26-40(60)27-44(63)54-28-34-6-8-35(9-7-34)46-33(2)55-31-71-46/h6-17,25,31-32,40-41,47,52,61H,18-24,26-30H2,1-5H3,(H,53,62)(H,54,63)(H,56,65)(H,59,64)(H2,57,58,67)/t32?,40-,41+,47+/m0/s1. The van der Waals surface area contributed by atoms with E-state index >= 15 is 0 Å². The van der Waals surface area contributed by atoms with Crippen molar-refractivity contribution in [1.82, 2.24) is 30.8 Å². The number of thiazole rings is 1. The average Bonchev–Trinajstić information content (AvgIpc) is 4.08. The molecule has 1 unspecified atom stereocenters. The number of fused-ring (bicyclic) bond motifs is 1. The number of rotatable bonds is 24. The lowest BCUT2D eigenvalue weighted by molar-refractivity contribution is -0.142. The number of amides is 7. The molecule has 0 saturated carbocycles. The first-order chi connectivity index (χ1) is 34.0. The van der Waals surface area contributed by atoms with Crippen LogP contribution in [0.3, 0.4) is 0 Å². The molecule has 5 aromatic rings. The van der Waals surface area contributed by atoms with Crippen LogP contribution >= 0.6 is 11.3 Å². The lowest BCUT2D eigenvalue weighted by Crippen LogP contribution is -2.56. The highest BCUT2D eigenvalue weighted by Crippen LogP contribution is 2.29. The van der Waals surface area contributed by atoms with Gasteiger partial charge >= 0.3 is 6.03 Å². The topological polar surface area (TPSA) is 254 Å². The lowest BCUT2D eigenvalue weighted by atomic mass is 9.85. The van der Waals surface area contributed by atoms with Gasteiger partial charge in [0.1, 0.15) is 12.6 Å². The number of urea groups is 1. The molecule has 0 radical (unpaired) electrons. The Balaban J connectivity index is 0.787. The van der Waals surface area contributed by atoms with Crippen molar-refractivity contribution in [2.45, 2.75) is 78.6 Å². The third kappa shape index (κ3) is 16.7. The largest absolute Gasteiger partial charge is 0.391 e. The summed E-state index contributed by atoms with van der Waals surface area (Å²) in [5, 5.41) is 28.3. The first kappa shape index (κ1) is 53.6. The van der Waals surface area contributed by atoms with Crippen molar-refractivity contribution >= 4 is 74.9 Å². The van der Waals surface area contributed by atoms with Crippen LogP contribution < -0.4 is 31.9 Å². The maximum atomic E-state index is 13.9. The molecule has 1 saturated heterocycles. The van der Waals surface area contributed by atoms with Crippen molar-refractivity contribution in [3.63, 3.8) is 0 Å². The van der Waals surface area contributed by atoms with Crippen LogP contribution in [0, 0.1) is 18.3 Å². The van der Waals surface area contributed by atoms with Gasteiger partial charge in [-0.25, -0.2) is 9.78 Å². The van der Waals surface area contributed by atoms with Gasteiger partial charge in [0.25, 0.3) is 0 Å². The predicted molar refractivity (Wildman–Crippen MR) is 272 cm³/mol. The maximum Gasteiger partial charge on any atom is 0.323 e. The predicted octanol–water partition coefficient (Wildman–Crippen LogP) is 5.57. The van der Waals surface area contributed by atoms with Gasteiger partial charge in [0.15, 0.2) is 0 Å². The summed E-state index contributed by atoms with van der Waals surface area (Å²) >= 11 is 1.57. The number of hydrogen-bond acceptors (Lipinski definition) is 12. The summed E-state index contributed by atoms with van der Waals surface area (Å²) in [6.45, 7) is 10.5. The SMILES string of the molecule is Cc1ncsc1-c1ccc(CNC(=O)C[C@@H]2C[C@@H](O)CN2C(=O)[C@@H](NC(=O)COCCOCCOCCNC(=O)CC(C)C(=O)Nc2ccc(NC(=O)Nc3ccc4[nH]ccc4c3)cc2)C(C)(C)C)cc1. The molecule has 3 heterocycles. The van der Waals surface area contributed by atoms with Crippen LogP contribution in [0.5, 0.6) is 0 Å². The van der Waals surface area contributed by atoms with E-state index < -0.39 is 41.5 Å². The molecule has 20 heteroatoms. The van der Waals surface area contributed by atoms with Gasteiger partial charge in [-0.15, -0.1) is 11.3 Å². The van der Waals surface area contributed by atoms with Gasteiger partial charge < -0.3 is 61.1 Å². The zero-order valence-electron chi connectivity index (χ0n) is 40.8. The van der Waals surface area contributed by atoms with Crippen LogP contribution in [0.1, 0.15) is 58.2 Å². The Hall–Kier alpha value is -6.71. The average molecular weight is 996 g/mol. The minimum absolute atomic E-state index is 0.00902. The lowest BCUT2D eigenvalue weighted by Gasteiger charge is -2.35. The second-order valence-electron chi connectivity index (χ2n) is 18.5. The second-order valence-corrected chi connectivity index (χ2v) is 19.4. The van der Waals surface area contributed by atoms with E-state index in [-0.39, 0.29) is 95.6 Å². The number of carbonyl (C=O) groups is 6. The number of nitrogens with zero attached hydrogens (tertiary/aromatic N) is 2. The molecule has 0 bridgehead atoms. The van der Waals surface area contributed by atoms with Gasteiger partial charge in [-0.3, -0.25) is 24.0 Å². The number of carbonyl (C=O) groups excluding carboxylic acids is 6. The number of hydrogen-bond donors (Lipinski definition) is 8. The first-order valence-corrected chi connectivity index (χ1v) is 24.5. The van der Waals surface area contributed by atoms with E-state index in [0.717, 1.165) is 32.6 Å². The monoisotopic (exact) mass is 995 g/mol.